The number of amides is 2. The highest BCUT2D eigenvalue weighted by atomic mass is 35.5. The second-order valence-corrected chi connectivity index (χ2v) is 9.67. The van der Waals surface area contributed by atoms with Crippen LogP contribution in [0.2, 0.25) is 5.02 Å². The van der Waals surface area contributed by atoms with E-state index in [1.165, 1.54) is 27.7 Å². The van der Waals surface area contributed by atoms with Gasteiger partial charge in [-0.05, 0) is 85.8 Å². The molecule has 192 valence electrons. The third-order valence-electron chi connectivity index (χ3n) is 6.19. The van der Waals surface area contributed by atoms with E-state index in [0.717, 1.165) is 24.9 Å². The molecule has 3 atom stereocenters. The minimum absolute atomic E-state index is 0. The maximum absolute atomic E-state index is 12.8. The van der Waals surface area contributed by atoms with Gasteiger partial charge in [-0.15, -0.1) is 17.5 Å². The number of tetrazole rings is 1. The molecule has 1 aliphatic heterocycles. The predicted octanol–water partition coefficient (Wildman–Crippen LogP) is 2.70. The zero-order valence-electron chi connectivity index (χ0n) is 20.5. The second-order valence-electron chi connectivity index (χ2n) is 9.24. The molecule has 2 amide bonds. The predicted molar refractivity (Wildman–Crippen MR) is 140 cm³/mol. The van der Waals surface area contributed by atoms with Crippen molar-refractivity contribution in [2.75, 3.05) is 6.54 Å². The van der Waals surface area contributed by atoms with Crippen LogP contribution in [0.4, 0.5) is 0 Å². The molecule has 0 bridgehead atoms. The number of carbonyl (C=O) groups excluding carboxylic acids is 2. The number of rotatable bonds is 8. The quantitative estimate of drug-likeness (QED) is 0.411. The van der Waals surface area contributed by atoms with E-state index >= 15 is 0 Å². The first kappa shape index (κ1) is 27.6. The molecule has 0 aliphatic carbocycles. The molecular formula is C25H31Cl2N7O2. The Bertz CT molecular complexity index is 1180. The van der Waals surface area contributed by atoms with Gasteiger partial charge in [-0.1, -0.05) is 40.9 Å². The molecule has 2 heterocycles. The van der Waals surface area contributed by atoms with Crippen LogP contribution in [0.15, 0.2) is 42.7 Å². The number of aromatic nitrogens is 4. The molecule has 0 unspecified atom stereocenters. The molecule has 9 nitrogen and oxygen atoms in total. The first-order chi connectivity index (χ1) is 16.8. The number of hydrogen-bond donors (Lipinski definition) is 3. The van der Waals surface area contributed by atoms with Gasteiger partial charge in [0.15, 0.2) is 0 Å². The Morgan fingerprint density at radius 2 is 1.94 bits per heavy atom. The van der Waals surface area contributed by atoms with Gasteiger partial charge < -0.3 is 16.0 Å². The maximum Gasteiger partial charge on any atom is 0.242 e. The van der Waals surface area contributed by atoms with Crippen LogP contribution in [0.25, 0.3) is 5.69 Å². The number of halogens is 2. The first-order valence-electron chi connectivity index (χ1n) is 11.7. The lowest BCUT2D eigenvalue weighted by molar-refractivity contribution is -0.129. The van der Waals surface area contributed by atoms with Crippen molar-refractivity contribution in [2.45, 2.75) is 52.2 Å². The van der Waals surface area contributed by atoms with E-state index in [1.54, 1.807) is 25.1 Å². The Kier molecular flexibility index (Phi) is 9.42. The maximum atomic E-state index is 12.8. The van der Waals surface area contributed by atoms with E-state index in [9.17, 15) is 9.59 Å². The van der Waals surface area contributed by atoms with Crippen molar-refractivity contribution >= 4 is 35.8 Å². The van der Waals surface area contributed by atoms with Gasteiger partial charge in [0.25, 0.3) is 0 Å². The summed E-state index contributed by atoms with van der Waals surface area (Å²) >= 11 is 6.14. The van der Waals surface area contributed by atoms with Gasteiger partial charge in [0.2, 0.25) is 11.8 Å². The van der Waals surface area contributed by atoms with E-state index in [0.29, 0.717) is 16.6 Å². The molecular weight excluding hydrogens is 501 g/mol. The standard InChI is InChI=1S/C25H30ClN7O2.ClH/c1-15-6-16(2)8-18(7-15)9-19-10-22(27-12-19)25(35)30-17(3)24(34)28-13-20-11-21(26)4-5-23(20)33-14-29-31-32-33;/h4-8,11,14,17,19,22,27H,9-10,12-13H2,1-3H3,(H,28,34)(H,30,35);1H/t17-,19-,22+;/m0./s1. The third-order valence-corrected chi connectivity index (χ3v) is 6.42. The topological polar surface area (TPSA) is 114 Å². The molecule has 1 saturated heterocycles. The molecule has 0 radical (unpaired) electrons. The van der Waals surface area contributed by atoms with Crippen molar-refractivity contribution in [2.24, 2.45) is 5.92 Å². The van der Waals surface area contributed by atoms with Gasteiger partial charge in [-0.3, -0.25) is 9.59 Å². The van der Waals surface area contributed by atoms with Crippen molar-refractivity contribution < 1.29 is 9.59 Å². The summed E-state index contributed by atoms with van der Waals surface area (Å²) in [4.78, 5) is 25.5. The lowest BCUT2D eigenvalue weighted by Gasteiger charge is -2.18. The van der Waals surface area contributed by atoms with Crippen molar-refractivity contribution in [3.8, 4) is 5.69 Å². The summed E-state index contributed by atoms with van der Waals surface area (Å²) in [5, 5.41) is 20.7. The van der Waals surface area contributed by atoms with Crippen molar-refractivity contribution in [3.05, 3.63) is 70.0 Å². The Morgan fingerprint density at radius 3 is 2.64 bits per heavy atom. The minimum Gasteiger partial charge on any atom is -0.350 e. The highest BCUT2D eigenvalue weighted by Crippen LogP contribution is 2.21. The number of carbonyl (C=O) groups is 2. The van der Waals surface area contributed by atoms with Gasteiger partial charge in [0, 0.05) is 11.6 Å². The van der Waals surface area contributed by atoms with Crippen molar-refractivity contribution in [1.29, 1.82) is 0 Å². The van der Waals surface area contributed by atoms with E-state index < -0.39 is 6.04 Å². The molecule has 1 aliphatic rings. The lowest BCUT2D eigenvalue weighted by atomic mass is 9.94. The van der Waals surface area contributed by atoms with Crippen LogP contribution in [-0.2, 0) is 22.6 Å². The molecule has 0 saturated carbocycles. The Balaban J connectivity index is 0.00000361. The Hall–Kier alpha value is -3.01. The molecule has 3 N–H and O–H groups in total. The average Bonchev–Trinajstić information content (AvgIpc) is 3.49. The molecule has 11 heteroatoms. The van der Waals surface area contributed by atoms with Crippen LogP contribution < -0.4 is 16.0 Å². The molecule has 3 aromatic rings. The highest BCUT2D eigenvalue weighted by Gasteiger charge is 2.31. The summed E-state index contributed by atoms with van der Waals surface area (Å²) in [5.41, 5.74) is 5.26. The van der Waals surface area contributed by atoms with E-state index in [4.69, 9.17) is 11.6 Å². The van der Waals surface area contributed by atoms with Crippen LogP contribution in [0.1, 0.15) is 35.6 Å². The summed E-state index contributed by atoms with van der Waals surface area (Å²) in [6, 6.07) is 10.9. The summed E-state index contributed by atoms with van der Waals surface area (Å²) in [6.07, 6.45) is 3.14. The fraction of sp³-hybridized carbons (Fsp3) is 0.400. The number of nitrogens with zero attached hydrogens (tertiary/aromatic N) is 4. The van der Waals surface area contributed by atoms with Crippen LogP contribution in [0.5, 0.6) is 0 Å². The van der Waals surface area contributed by atoms with Gasteiger partial charge in [-0.2, -0.15) is 0 Å². The SMILES string of the molecule is Cc1cc(C)cc(C[C@@H]2CN[C@@H](C(=O)N[C@@H](C)C(=O)NCc3cc(Cl)ccc3-n3cnnn3)C2)c1.Cl. The minimum atomic E-state index is -0.682. The molecule has 1 fully saturated rings. The highest BCUT2D eigenvalue weighted by molar-refractivity contribution is 6.30. The van der Waals surface area contributed by atoms with Crippen molar-refractivity contribution in [1.82, 2.24) is 36.2 Å². The summed E-state index contributed by atoms with van der Waals surface area (Å²) in [6.45, 7) is 6.88. The fourth-order valence-electron chi connectivity index (χ4n) is 4.59. The Labute approximate surface area is 221 Å². The molecule has 0 spiro atoms. The normalized spacial score (nSPS) is 17.8. The fourth-order valence-corrected chi connectivity index (χ4v) is 4.78. The monoisotopic (exact) mass is 531 g/mol. The van der Waals surface area contributed by atoms with E-state index in [-0.39, 0.29) is 36.8 Å². The zero-order valence-corrected chi connectivity index (χ0v) is 22.1. The van der Waals surface area contributed by atoms with Crippen LogP contribution >= 0.6 is 24.0 Å². The van der Waals surface area contributed by atoms with Crippen LogP contribution in [-0.4, -0.2) is 50.7 Å². The largest absolute Gasteiger partial charge is 0.350 e. The molecule has 4 rings (SSSR count). The van der Waals surface area contributed by atoms with Crippen LogP contribution in [0.3, 0.4) is 0 Å². The molecule has 2 aromatic carbocycles. The molecule has 1 aromatic heterocycles. The van der Waals surface area contributed by atoms with Gasteiger partial charge in [0.1, 0.15) is 12.4 Å². The van der Waals surface area contributed by atoms with Gasteiger partial charge in [-0.25, -0.2) is 4.68 Å². The van der Waals surface area contributed by atoms with Crippen molar-refractivity contribution in [3.63, 3.8) is 0 Å². The second kappa shape index (κ2) is 12.3. The van der Waals surface area contributed by atoms with Gasteiger partial charge in [0.05, 0.1) is 11.7 Å². The summed E-state index contributed by atoms with van der Waals surface area (Å²) in [5.74, 6) is -0.0675. The number of hydrogen-bond acceptors (Lipinski definition) is 6. The number of nitrogens with one attached hydrogen (secondary N) is 3. The number of aryl methyl sites for hydroxylation is 2. The Morgan fingerprint density at radius 1 is 1.19 bits per heavy atom. The van der Waals surface area contributed by atoms with Gasteiger partial charge >= 0.3 is 0 Å². The van der Waals surface area contributed by atoms with E-state index in [2.05, 4.69) is 63.5 Å². The smallest absolute Gasteiger partial charge is 0.242 e. The number of benzene rings is 2. The zero-order chi connectivity index (χ0) is 24.9. The third kappa shape index (κ3) is 7.02. The summed E-state index contributed by atoms with van der Waals surface area (Å²) < 4.78 is 1.50. The average molecular weight is 532 g/mol. The van der Waals surface area contributed by atoms with E-state index in [1.807, 2.05) is 0 Å². The lowest BCUT2D eigenvalue weighted by Crippen LogP contribution is -2.50. The van der Waals surface area contributed by atoms with Crippen LogP contribution in [0, 0.1) is 19.8 Å². The summed E-state index contributed by atoms with van der Waals surface area (Å²) in [7, 11) is 0. The molecule has 36 heavy (non-hydrogen) atoms. The first-order valence-corrected chi connectivity index (χ1v) is 12.1.